The first-order valence-electron chi connectivity index (χ1n) is 11.0. The average Bonchev–Trinajstić information content (AvgIpc) is 3.20. The van der Waals surface area contributed by atoms with E-state index in [1.54, 1.807) is 0 Å². The zero-order valence-corrected chi connectivity index (χ0v) is 17.4. The van der Waals surface area contributed by atoms with Gasteiger partial charge < -0.3 is 10.2 Å². The number of amides is 2. The van der Waals surface area contributed by atoms with Crippen molar-refractivity contribution >= 4 is 6.03 Å². The van der Waals surface area contributed by atoms with Crippen LogP contribution in [0.15, 0.2) is 36.4 Å². The number of aromatic nitrogens is 2. The fourth-order valence-corrected chi connectivity index (χ4v) is 4.69. The molecule has 0 bridgehead atoms. The van der Waals surface area contributed by atoms with E-state index in [1.807, 2.05) is 11.8 Å². The normalized spacial score (nSPS) is 23.1. The molecule has 2 aliphatic heterocycles. The molecule has 2 unspecified atom stereocenters. The smallest absolute Gasteiger partial charge is 0.317 e. The van der Waals surface area contributed by atoms with Crippen molar-refractivity contribution in [1.82, 2.24) is 25.3 Å². The zero-order chi connectivity index (χ0) is 20.1. The molecule has 0 radical (unpaired) electrons. The molecule has 0 saturated carbocycles. The molecule has 2 fully saturated rings. The van der Waals surface area contributed by atoms with Gasteiger partial charge in [-0.2, -0.15) is 5.10 Å². The number of carbonyl (C=O) groups excluding carboxylic acids is 1. The van der Waals surface area contributed by atoms with Gasteiger partial charge >= 0.3 is 6.03 Å². The molecular formula is C23H33N5O. The van der Waals surface area contributed by atoms with Crippen LogP contribution < -0.4 is 5.32 Å². The van der Waals surface area contributed by atoms with Gasteiger partial charge in [-0.1, -0.05) is 36.8 Å². The number of benzene rings is 1. The number of likely N-dealkylation sites (tertiary alicyclic amines) is 2. The number of nitrogens with one attached hydrogen (secondary N) is 2. The van der Waals surface area contributed by atoms with Crippen LogP contribution in [0.3, 0.4) is 0 Å². The average molecular weight is 396 g/mol. The Morgan fingerprint density at radius 2 is 2.03 bits per heavy atom. The first-order chi connectivity index (χ1) is 14.2. The molecule has 0 aliphatic carbocycles. The largest absolute Gasteiger partial charge is 0.336 e. The fourth-order valence-electron chi connectivity index (χ4n) is 4.69. The first kappa shape index (κ1) is 20.0. The van der Waals surface area contributed by atoms with Crippen molar-refractivity contribution in [3.63, 3.8) is 0 Å². The molecular weight excluding hydrogens is 362 g/mol. The Bertz CT molecular complexity index is 790. The highest BCUT2D eigenvalue weighted by Gasteiger charge is 2.28. The number of aromatic amines is 1. The van der Waals surface area contributed by atoms with Crippen molar-refractivity contribution in [3.05, 3.63) is 53.3 Å². The molecule has 1 aromatic heterocycles. The Balaban J connectivity index is 1.30. The summed E-state index contributed by atoms with van der Waals surface area (Å²) in [5, 5.41) is 10.7. The molecule has 2 saturated heterocycles. The lowest BCUT2D eigenvalue weighted by atomic mass is 9.95. The molecule has 2 amide bonds. The highest BCUT2D eigenvalue weighted by Crippen LogP contribution is 2.26. The monoisotopic (exact) mass is 395 g/mol. The van der Waals surface area contributed by atoms with Gasteiger partial charge in [0.2, 0.25) is 0 Å². The maximum Gasteiger partial charge on any atom is 0.317 e. The lowest BCUT2D eigenvalue weighted by Gasteiger charge is -2.37. The predicted molar refractivity (Wildman–Crippen MR) is 115 cm³/mol. The van der Waals surface area contributed by atoms with Gasteiger partial charge in [-0.05, 0) is 50.8 Å². The van der Waals surface area contributed by atoms with Gasteiger partial charge in [-0.15, -0.1) is 0 Å². The van der Waals surface area contributed by atoms with Crippen molar-refractivity contribution in [2.75, 3.05) is 26.2 Å². The summed E-state index contributed by atoms with van der Waals surface area (Å²) in [7, 11) is 0. The first-order valence-corrected chi connectivity index (χ1v) is 11.0. The number of H-pyrrole nitrogens is 1. The Morgan fingerprint density at radius 1 is 1.17 bits per heavy atom. The van der Waals surface area contributed by atoms with Gasteiger partial charge in [0.1, 0.15) is 0 Å². The molecule has 2 aliphatic rings. The number of aryl methyl sites for hydroxylation is 1. The van der Waals surface area contributed by atoms with Gasteiger partial charge in [0.05, 0.1) is 5.69 Å². The van der Waals surface area contributed by atoms with E-state index in [1.165, 1.54) is 18.4 Å². The summed E-state index contributed by atoms with van der Waals surface area (Å²) in [6, 6.07) is 13.2. The summed E-state index contributed by atoms with van der Waals surface area (Å²) in [5.41, 5.74) is 3.51. The molecule has 6 heteroatoms. The van der Waals surface area contributed by atoms with Gasteiger partial charge in [-0.3, -0.25) is 10.00 Å². The minimum Gasteiger partial charge on any atom is -0.336 e. The van der Waals surface area contributed by atoms with Crippen LogP contribution in [0.2, 0.25) is 0 Å². The molecule has 2 N–H and O–H groups in total. The fraction of sp³-hybridized carbons (Fsp3) is 0.565. The third-order valence-electron chi connectivity index (χ3n) is 6.32. The Morgan fingerprint density at radius 3 is 2.83 bits per heavy atom. The number of rotatable bonds is 5. The number of hydrogen-bond donors (Lipinski definition) is 2. The van der Waals surface area contributed by atoms with E-state index in [2.05, 4.69) is 56.8 Å². The number of nitrogens with zero attached hydrogens (tertiary/aromatic N) is 3. The third kappa shape index (κ3) is 5.18. The maximum absolute atomic E-state index is 12.9. The SMILES string of the molecule is Cc1cc(C2CCCN(C(=O)NCC3CCCCN3Cc3ccccc3)C2)n[nH]1. The molecule has 156 valence electrons. The molecule has 4 rings (SSSR count). The Labute approximate surface area is 173 Å². The lowest BCUT2D eigenvalue weighted by molar-refractivity contribution is 0.132. The van der Waals surface area contributed by atoms with Crippen molar-refractivity contribution in [2.24, 2.45) is 0 Å². The van der Waals surface area contributed by atoms with Crippen LogP contribution in [0.25, 0.3) is 0 Å². The third-order valence-corrected chi connectivity index (χ3v) is 6.32. The van der Waals surface area contributed by atoms with Crippen LogP contribution in [0.1, 0.15) is 55.0 Å². The van der Waals surface area contributed by atoms with Crippen LogP contribution in [0, 0.1) is 6.92 Å². The van der Waals surface area contributed by atoms with E-state index in [0.717, 1.165) is 63.4 Å². The second-order valence-corrected chi connectivity index (χ2v) is 8.55. The van der Waals surface area contributed by atoms with Gasteiger partial charge in [0.25, 0.3) is 0 Å². The molecule has 3 heterocycles. The number of urea groups is 1. The van der Waals surface area contributed by atoms with Crippen LogP contribution in [-0.2, 0) is 6.54 Å². The number of carbonyl (C=O) groups is 1. The van der Waals surface area contributed by atoms with Crippen molar-refractivity contribution in [2.45, 2.75) is 57.5 Å². The summed E-state index contributed by atoms with van der Waals surface area (Å²) in [6.45, 7) is 6.42. The van der Waals surface area contributed by atoms with Gasteiger partial charge in [0, 0.05) is 43.8 Å². The standard InChI is InChI=1S/C23H33N5O/c1-18-14-22(26-25-18)20-10-7-13-28(17-20)23(29)24-15-21-11-5-6-12-27(21)16-19-8-3-2-4-9-19/h2-4,8-9,14,20-21H,5-7,10-13,15-17H2,1H3,(H,24,29)(H,25,26). The maximum atomic E-state index is 12.9. The summed E-state index contributed by atoms with van der Waals surface area (Å²) in [4.78, 5) is 17.4. The van der Waals surface area contributed by atoms with Crippen LogP contribution >= 0.6 is 0 Å². The lowest BCUT2D eigenvalue weighted by Crippen LogP contribution is -2.50. The summed E-state index contributed by atoms with van der Waals surface area (Å²) in [6.07, 6.45) is 5.78. The number of hydrogen-bond acceptors (Lipinski definition) is 3. The minimum absolute atomic E-state index is 0.0761. The Kier molecular flexibility index (Phi) is 6.49. The summed E-state index contributed by atoms with van der Waals surface area (Å²) < 4.78 is 0. The molecule has 0 spiro atoms. The van der Waals surface area contributed by atoms with Crippen molar-refractivity contribution < 1.29 is 4.79 Å². The predicted octanol–water partition coefficient (Wildman–Crippen LogP) is 3.66. The van der Waals surface area contributed by atoms with E-state index in [0.29, 0.717) is 12.0 Å². The van der Waals surface area contributed by atoms with E-state index in [9.17, 15) is 4.79 Å². The van der Waals surface area contributed by atoms with E-state index < -0.39 is 0 Å². The van der Waals surface area contributed by atoms with Crippen molar-refractivity contribution in [1.29, 1.82) is 0 Å². The quantitative estimate of drug-likeness (QED) is 0.812. The van der Waals surface area contributed by atoms with E-state index in [-0.39, 0.29) is 6.03 Å². The number of piperidine rings is 2. The molecule has 1 aromatic carbocycles. The van der Waals surface area contributed by atoms with E-state index in [4.69, 9.17) is 0 Å². The van der Waals surface area contributed by atoms with E-state index >= 15 is 0 Å². The summed E-state index contributed by atoms with van der Waals surface area (Å²) in [5.74, 6) is 0.337. The van der Waals surface area contributed by atoms with Gasteiger partial charge in [-0.25, -0.2) is 4.79 Å². The second-order valence-electron chi connectivity index (χ2n) is 8.55. The highest BCUT2D eigenvalue weighted by molar-refractivity contribution is 5.74. The van der Waals surface area contributed by atoms with Crippen molar-refractivity contribution in [3.8, 4) is 0 Å². The molecule has 6 nitrogen and oxygen atoms in total. The van der Waals surface area contributed by atoms with Crippen LogP contribution in [-0.4, -0.2) is 58.2 Å². The Hall–Kier alpha value is -2.34. The van der Waals surface area contributed by atoms with Gasteiger partial charge in [0.15, 0.2) is 0 Å². The zero-order valence-electron chi connectivity index (χ0n) is 17.4. The molecule has 2 atom stereocenters. The highest BCUT2D eigenvalue weighted by atomic mass is 16.2. The van der Waals surface area contributed by atoms with Crippen LogP contribution in [0.5, 0.6) is 0 Å². The van der Waals surface area contributed by atoms with Crippen LogP contribution in [0.4, 0.5) is 4.79 Å². The molecule has 2 aromatic rings. The second kappa shape index (κ2) is 9.44. The summed E-state index contributed by atoms with van der Waals surface area (Å²) >= 11 is 0. The molecule has 29 heavy (non-hydrogen) atoms. The topological polar surface area (TPSA) is 64.3 Å². The minimum atomic E-state index is 0.0761.